The number of anilines is 2. The fourth-order valence-electron chi connectivity index (χ4n) is 2.93. The van der Waals surface area contributed by atoms with Gasteiger partial charge in [-0.3, -0.25) is 4.79 Å². The van der Waals surface area contributed by atoms with Crippen LogP contribution in [0.3, 0.4) is 0 Å². The van der Waals surface area contributed by atoms with Gasteiger partial charge < -0.3 is 15.1 Å². The van der Waals surface area contributed by atoms with Gasteiger partial charge in [-0.05, 0) is 36.9 Å². The number of aromatic nitrogens is 1. The van der Waals surface area contributed by atoms with Crippen LogP contribution in [-0.4, -0.2) is 48.5 Å². The number of pyridine rings is 1. The summed E-state index contributed by atoms with van der Waals surface area (Å²) in [6, 6.07) is 8.89. The maximum atomic E-state index is 12.6. The van der Waals surface area contributed by atoms with Gasteiger partial charge in [0.25, 0.3) is 5.91 Å². The smallest absolute Gasteiger partial charge is 0.258 e. The Labute approximate surface area is 157 Å². The van der Waals surface area contributed by atoms with E-state index in [1.165, 1.54) is 0 Å². The Balaban J connectivity index is 1.83. The van der Waals surface area contributed by atoms with E-state index in [-0.39, 0.29) is 11.1 Å². The number of halogens is 2. The third kappa shape index (κ3) is 4.24. The van der Waals surface area contributed by atoms with E-state index in [0.717, 1.165) is 38.4 Å². The zero-order valence-corrected chi connectivity index (χ0v) is 15.5. The summed E-state index contributed by atoms with van der Waals surface area (Å²) in [6.45, 7) is 7.04. The zero-order valence-electron chi connectivity index (χ0n) is 14.0. The van der Waals surface area contributed by atoms with Gasteiger partial charge in [-0.15, -0.1) is 0 Å². The second-order valence-corrected chi connectivity index (χ2v) is 6.67. The van der Waals surface area contributed by atoms with Gasteiger partial charge in [-0.1, -0.05) is 30.1 Å². The summed E-state index contributed by atoms with van der Waals surface area (Å²) >= 11 is 12.2. The number of likely N-dealkylation sites (N-methyl/N-ethyl adjacent to an activating group) is 1. The first-order chi connectivity index (χ1) is 12.1. The van der Waals surface area contributed by atoms with Crippen LogP contribution in [-0.2, 0) is 0 Å². The molecule has 1 fully saturated rings. The average Bonchev–Trinajstić information content (AvgIpc) is 2.62. The Bertz CT molecular complexity index is 760. The molecule has 1 aliphatic rings. The lowest BCUT2D eigenvalue weighted by atomic mass is 10.2. The highest BCUT2D eigenvalue weighted by Crippen LogP contribution is 2.30. The third-order valence-electron chi connectivity index (χ3n) is 4.37. The third-order valence-corrected chi connectivity index (χ3v) is 4.91. The second-order valence-electron chi connectivity index (χ2n) is 5.88. The van der Waals surface area contributed by atoms with Crippen molar-refractivity contribution in [2.45, 2.75) is 6.92 Å². The van der Waals surface area contributed by atoms with E-state index < -0.39 is 0 Å². The first kappa shape index (κ1) is 18.0. The molecule has 0 spiro atoms. The van der Waals surface area contributed by atoms with Crippen LogP contribution in [0.2, 0.25) is 10.2 Å². The van der Waals surface area contributed by atoms with Crippen molar-refractivity contribution in [1.82, 2.24) is 9.88 Å². The molecular weight excluding hydrogens is 359 g/mol. The number of hydrogen-bond donors (Lipinski definition) is 1. The summed E-state index contributed by atoms with van der Waals surface area (Å²) in [6.07, 6.45) is 1.55. The lowest BCUT2D eigenvalue weighted by molar-refractivity contribution is 0.102. The Hall–Kier alpha value is -1.82. The van der Waals surface area contributed by atoms with Crippen molar-refractivity contribution >= 4 is 40.5 Å². The van der Waals surface area contributed by atoms with Gasteiger partial charge in [0.05, 0.1) is 16.9 Å². The Kier molecular flexibility index (Phi) is 5.78. The minimum atomic E-state index is -0.297. The van der Waals surface area contributed by atoms with Crippen molar-refractivity contribution in [2.24, 2.45) is 0 Å². The SMILES string of the molecule is CCN1CCN(c2ccc(Cl)cc2NC(=O)c2cccnc2Cl)CC1. The van der Waals surface area contributed by atoms with Crippen molar-refractivity contribution in [3.05, 3.63) is 52.3 Å². The van der Waals surface area contributed by atoms with Crippen molar-refractivity contribution in [1.29, 1.82) is 0 Å². The van der Waals surface area contributed by atoms with Gasteiger partial charge >= 0.3 is 0 Å². The fraction of sp³-hybridized carbons (Fsp3) is 0.333. The lowest BCUT2D eigenvalue weighted by Crippen LogP contribution is -2.46. The van der Waals surface area contributed by atoms with Gasteiger partial charge in [-0.2, -0.15) is 0 Å². The minimum Gasteiger partial charge on any atom is -0.367 e. The van der Waals surface area contributed by atoms with E-state index in [9.17, 15) is 4.79 Å². The first-order valence-electron chi connectivity index (χ1n) is 8.27. The maximum Gasteiger partial charge on any atom is 0.258 e. The van der Waals surface area contributed by atoms with Gasteiger partial charge in [0.15, 0.2) is 0 Å². The molecule has 1 aliphatic heterocycles. The number of hydrogen-bond acceptors (Lipinski definition) is 4. The zero-order chi connectivity index (χ0) is 17.8. The van der Waals surface area contributed by atoms with E-state index in [2.05, 4.69) is 27.0 Å². The van der Waals surface area contributed by atoms with Crippen LogP contribution in [0.4, 0.5) is 11.4 Å². The van der Waals surface area contributed by atoms with Crippen LogP contribution >= 0.6 is 23.2 Å². The highest BCUT2D eigenvalue weighted by Gasteiger charge is 2.20. The molecule has 0 bridgehead atoms. The number of piperazine rings is 1. The van der Waals surface area contributed by atoms with Crippen molar-refractivity contribution in [3.8, 4) is 0 Å². The average molecular weight is 379 g/mol. The molecule has 25 heavy (non-hydrogen) atoms. The molecule has 2 heterocycles. The fourth-order valence-corrected chi connectivity index (χ4v) is 3.31. The number of nitrogens with one attached hydrogen (secondary N) is 1. The summed E-state index contributed by atoms with van der Waals surface area (Å²) in [4.78, 5) is 21.2. The van der Waals surface area contributed by atoms with E-state index >= 15 is 0 Å². The highest BCUT2D eigenvalue weighted by molar-refractivity contribution is 6.33. The van der Waals surface area contributed by atoms with E-state index in [0.29, 0.717) is 16.3 Å². The van der Waals surface area contributed by atoms with Gasteiger partial charge in [0.2, 0.25) is 0 Å². The molecule has 0 radical (unpaired) electrons. The number of rotatable bonds is 4. The predicted octanol–water partition coefficient (Wildman–Crippen LogP) is 3.78. The van der Waals surface area contributed by atoms with Crippen LogP contribution in [0, 0.1) is 0 Å². The summed E-state index contributed by atoms with van der Waals surface area (Å²) in [5.41, 5.74) is 1.99. The molecular formula is C18H20Cl2N4O. The van der Waals surface area contributed by atoms with Gasteiger partial charge in [-0.25, -0.2) is 4.98 Å². The second kappa shape index (κ2) is 8.04. The Morgan fingerprint density at radius 3 is 2.64 bits per heavy atom. The summed E-state index contributed by atoms with van der Waals surface area (Å²) < 4.78 is 0. The topological polar surface area (TPSA) is 48.5 Å². The molecule has 7 heteroatoms. The van der Waals surface area contributed by atoms with Crippen molar-refractivity contribution < 1.29 is 4.79 Å². The maximum absolute atomic E-state index is 12.6. The first-order valence-corrected chi connectivity index (χ1v) is 9.03. The molecule has 0 saturated carbocycles. The molecule has 0 atom stereocenters. The summed E-state index contributed by atoms with van der Waals surface area (Å²) in [5.74, 6) is -0.297. The molecule has 1 saturated heterocycles. The molecule has 1 amide bonds. The Morgan fingerprint density at radius 2 is 1.96 bits per heavy atom. The lowest BCUT2D eigenvalue weighted by Gasteiger charge is -2.36. The van der Waals surface area contributed by atoms with Crippen LogP contribution in [0.5, 0.6) is 0 Å². The van der Waals surface area contributed by atoms with E-state index in [1.807, 2.05) is 12.1 Å². The standard InChI is InChI=1S/C18H20Cl2N4O/c1-2-23-8-10-24(11-9-23)16-6-5-13(19)12-15(16)22-18(25)14-4-3-7-21-17(14)20/h3-7,12H,2,8-11H2,1H3,(H,22,25). The van der Waals surface area contributed by atoms with Crippen molar-refractivity contribution in [2.75, 3.05) is 42.9 Å². The quantitative estimate of drug-likeness (QED) is 0.822. The molecule has 0 unspecified atom stereocenters. The molecule has 0 aliphatic carbocycles. The number of nitrogens with zero attached hydrogens (tertiary/aromatic N) is 3. The monoisotopic (exact) mass is 378 g/mol. The largest absolute Gasteiger partial charge is 0.367 e. The predicted molar refractivity (Wildman–Crippen MR) is 103 cm³/mol. The summed E-state index contributed by atoms with van der Waals surface area (Å²) in [5, 5.41) is 3.68. The molecule has 3 rings (SSSR count). The molecule has 1 aromatic heterocycles. The number of carbonyl (C=O) groups is 1. The molecule has 5 nitrogen and oxygen atoms in total. The van der Waals surface area contributed by atoms with E-state index in [1.54, 1.807) is 24.4 Å². The number of amides is 1. The highest BCUT2D eigenvalue weighted by atomic mass is 35.5. The minimum absolute atomic E-state index is 0.181. The van der Waals surface area contributed by atoms with Gasteiger partial charge in [0, 0.05) is 37.4 Å². The molecule has 1 N–H and O–H groups in total. The Morgan fingerprint density at radius 1 is 1.20 bits per heavy atom. The number of benzene rings is 1. The van der Waals surface area contributed by atoms with Crippen LogP contribution in [0.25, 0.3) is 0 Å². The molecule has 132 valence electrons. The molecule has 1 aromatic carbocycles. The van der Waals surface area contributed by atoms with Crippen molar-refractivity contribution in [3.63, 3.8) is 0 Å². The van der Waals surface area contributed by atoms with Gasteiger partial charge in [0.1, 0.15) is 5.15 Å². The normalized spacial score (nSPS) is 15.2. The van der Waals surface area contributed by atoms with E-state index in [4.69, 9.17) is 23.2 Å². The van der Waals surface area contributed by atoms with Crippen LogP contribution < -0.4 is 10.2 Å². The number of carbonyl (C=O) groups excluding carboxylic acids is 1. The van der Waals surface area contributed by atoms with Crippen LogP contribution in [0.15, 0.2) is 36.5 Å². The van der Waals surface area contributed by atoms with Crippen LogP contribution in [0.1, 0.15) is 17.3 Å². The summed E-state index contributed by atoms with van der Waals surface area (Å²) in [7, 11) is 0. The molecule has 2 aromatic rings.